The maximum atomic E-state index is 13.5. The SMILES string of the molecule is CCN(Cc1ccc(OC)c(OC)c1)C(=O)C1(c2cccc(Cl)c2)CCC1. The van der Waals surface area contributed by atoms with Gasteiger partial charge in [-0.15, -0.1) is 0 Å². The second-order valence-electron chi connectivity index (χ2n) is 6.95. The van der Waals surface area contributed by atoms with Crippen LogP contribution in [0.2, 0.25) is 5.02 Å². The second kappa shape index (κ2) is 8.22. The summed E-state index contributed by atoms with van der Waals surface area (Å²) in [6.45, 7) is 3.20. The molecule has 0 atom stereocenters. The van der Waals surface area contributed by atoms with Crippen molar-refractivity contribution in [2.45, 2.75) is 38.1 Å². The Morgan fingerprint density at radius 3 is 2.41 bits per heavy atom. The van der Waals surface area contributed by atoms with Crippen molar-refractivity contribution in [2.24, 2.45) is 0 Å². The van der Waals surface area contributed by atoms with E-state index >= 15 is 0 Å². The van der Waals surface area contributed by atoms with Crippen molar-refractivity contribution in [1.82, 2.24) is 4.90 Å². The lowest BCUT2D eigenvalue weighted by Crippen LogP contribution is -2.50. The first-order valence-corrected chi connectivity index (χ1v) is 9.68. The van der Waals surface area contributed by atoms with Gasteiger partial charge in [-0.2, -0.15) is 0 Å². The van der Waals surface area contributed by atoms with Gasteiger partial charge in [0.2, 0.25) is 5.91 Å². The summed E-state index contributed by atoms with van der Waals surface area (Å²) in [7, 11) is 3.23. The summed E-state index contributed by atoms with van der Waals surface area (Å²) < 4.78 is 10.7. The third-order valence-corrected chi connectivity index (χ3v) is 5.72. The van der Waals surface area contributed by atoms with Gasteiger partial charge in [-0.3, -0.25) is 4.79 Å². The molecule has 1 aliphatic rings. The van der Waals surface area contributed by atoms with Crippen LogP contribution >= 0.6 is 11.6 Å². The Morgan fingerprint density at radius 1 is 1.11 bits per heavy atom. The van der Waals surface area contributed by atoms with Crippen molar-refractivity contribution in [3.8, 4) is 11.5 Å². The molecule has 1 saturated carbocycles. The summed E-state index contributed by atoms with van der Waals surface area (Å²) in [5, 5.41) is 0.675. The number of carbonyl (C=O) groups is 1. The molecule has 27 heavy (non-hydrogen) atoms. The smallest absolute Gasteiger partial charge is 0.233 e. The normalized spacial score (nSPS) is 15.0. The van der Waals surface area contributed by atoms with E-state index in [0.29, 0.717) is 29.6 Å². The Hall–Kier alpha value is -2.20. The number of benzene rings is 2. The molecule has 2 aromatic rings. The first-order chi connectivity index (χ1) is 13.0. The molecule has 0 bridgehead atoms. The Bertz CT molecular complexity index is 817. The number of halogens is 1. The highest BCUT2D eigenvalue weighted by molar-refractivity contribution is 6.30. The number of likely N-dealkylation sites (N-methyl/N-ethyl adjacent to an activating group) is 1. The summed E-state index contributed by atoms with van der Waals surface area (Å²) in [4.78, 5) is 15.4. The van der Waals surface area contributed by atoms with Gasteiger partial charge in [0.15, 0.2) is 11.5 Å². The minimum atomic E-state index is -0.447. The molecular weight excluding hydrogens is 362 g/mol. The van der Waals surface area contributed by atoms with Crippen molar-refractivity contribution >= 4 is 17.5 Å². The third-order valence-electron chi connectivity index (χ3n) is 5.48. The van der Waals surface area contributed by atoms with Crippen LogP contribution in [0, 0.1) is 0 Å². The molecule has 0 aliphatic heterocycles. The highest BCUT2D eigenvalue weighted by Gasteiger charge is 2.47. The molecular formula is C22H26ClNO3. The fraction of sp³-hybridized carbons (Fsp3) is 0.409. The van der Waals surface area contributed by atoms with Crippen LogP contribution in [0.4, 0.5) is 0 Å². The lowest BCUT2D eigenvalue weighted by molar-refractivity contribution is -0.141. The van der Waals surface area contributed by atoms with Crippen molar-refractivity contribution in [1.29, 1.82) is 0 Å². The van der Waals surface area contributed by atoms with Crippen LogP contribution in [0.15, 0.2) is 42.5 Å². The summed E-state index contributed by atoms with van der Waals surface area (Å²) in [5.74, 6) is 1.53. The van der Waals surface area contributed by atoms with E-state index in [1.54, 1.807) is 14.2 Å². The van der Waals surface area contributed by atoms with Crippen molar-refractivity contribution in [2.75, 3.05) is 20.8 Å². The van der Waals surface area contributed by atoms with E-state index in [2.05, 4.69) is 0 Å². The number of rotatable bonds is 7. The molecule has 0 heterocycles. The van der Waals surface area contributed by atoms with Crippen LogP contribution in [-0.2, 0) is 16.8 Å². The third kappa shape index (κ3) is 3.77. The van der Waals surface area contributed by atoms with E-state index in [0.717, 1.165) is 30.4 Å². The molecule has 0 N–H and O–H groups in total. The van der Waals surface area contributed by atoms with Crippen LogP contribution in [-0.4, -0.2) is 31.6 Å². The summed E-state index contributed by atoms with van der Waals surface area (Å²) in [6.07, 6.45) is 2.80. The van der Waals surface area contributed by atoms with Gasteiger partial charge < -0.3 is 14.4 Å². The zero-order valence-electron chi connectivity index (χ0n) is 16.1. The average Bonchev–Trinajstić information content (AvgIpc) is 2.65. The van der Waals surface area contributed by atoms with E-state index < -0.39 is 5.41 Å². The molecule has 3 rings (SSSR count). The predicted octanol–water partition coefficient (Wildman–Crippen LogP) is 4.83. The highest BCUT2D eigenvalue weighted by atomic mass is 35.5. The number of ether oxygens (including phenoxy) is 2. The first-order valence-electron chi connectivity index (χ1n) is 9.30. The molecule has 1 amide bonds. The summed E-state index contributed by atoms with van der Waals surface area (Å²) in [6, 6.07) is 13.5. The lowest BCUT2D eigenvalue weighted by Gasteiger charge is -2.44. The van der Waals surface area contributed by atoms with Crippen molar-refractivity contribution in [3.05, 3.63) is 58.6 Å². The molecule has 1 aliphatic carbocycles. The molecule has 2 aromatic carbocycles. The number of amides is 1. The quantitative estimate of drug-likeness (QED) is 0.683. The topological polar surface area (TPSA) is 38.8 Å². The molecule has 0 unspecified atom stereocenters. The Morgan fingerprint density at radius 2 is 1.85 bits per heavy atom. The number of methoxy groups -OCH3 is 2. The fourth-order valence-corrected chi connectivity index (χ4v) is 3.96. The molecule has 0 saturated heterocycles. The molecule has 5 heteroatoms. The van der Waals surface area contributed by atoms with E-state index in [1.807, 2.05) is 54.3 Å². The van der Waals surface area contributed by atoms with Gasteiger partial charge in [0.25, 0.3) is 0 Å². The Labute approximate surface area is 166 Å². The van der Waals surface area contributed by atoms with Gasteiger partial charge in [-0.05, 0) is 55.2 Å². The number of hydrogen-bond donors (Lipinski definition) is 0. The summed E-state index contributed by atoms with van der Waals surface area (Å²) >= 11 is 6.19. The van der Waals surface area contributed by atoms with Crippen LogP contribution in [0.1, 0.15) is 37.3 Å². The van der Waals surface area contributed by atoms with Crippen molar-refractivity contribution < 1.29 is 14.3 Å². The molecule has 0 aromatic heterocycles. The summed E-state index contributed by atoms with van der Waals surface area (Å²) in [5.41, 5.74) is 1.60. The number of nitrogens with zero attached hydrogens (tertiary/aromatic N) is 1. The molecule has 0 radical (unpaired) electrons. The molecule has 0 spiro atoms. The van der Waals surface area contributed by atoms with E-state index in [9.17, 15) is 4.79 Å². The zero-order valence-corrected chi connectivity index (χ0v) is 16.9. The predicted molar refractivity (Wildman–Crippen MR) is 108 cm³/mol. The Kier molecular flexibility index (Phi) is 5.95. The second-order valence-corrected chi connectivity index (χ2v) is 7.39. The molecule has 1 fully saturated rings. The van der Waals surface area contributed by atoms with E-state index in [1.165, 1.54) is 0 Å². The molecule has 144 valence electrons. The standard InChI is InChI=1S/C22H26ClNO3/c1-4-24(15-16-9-10-19(26-2)20(13-16)27-3)21(25)22(11-6-12-22)17-7-5-8-18(23)14-17/h5,7-10,13-14H,4,6,11-12,15H2,1-3H3. The zero-order chi connectivity index (χ0) is 19.4. The lowest BCUT2D eigenvalue weighted by atomic mass is 9.63. The fourth-order valence-electron chi connectivity index (χ4n) is 3.77. The van der Waals surface area contributed by atoms with Gasteiger partial charge in [0.05, 0.1) is 19.6 Å². The highest BCUT2D eigenvalue weighted by Crippen LogP contribution is 2.46. The van der Waals surface area contributed by atoms with Gasteiger partial charge in [-0.25, -0.2) is 0 Å². The minimum absolute atomic E-state index is 0.174. The monoisotopic (exact) mass is 387 g/mol. The Balaban J connectivity index is 1.85. The number of carbonyl (C=O) groups excluding carboxylic acids is 1. The maximum Gasteiger partial charge on any atom is 0.233 e. The van der Waals surface area contributed by atoms with Gasteiger partial charge >= 0.3 is 0 Å². The van der Waals surface area contributed by atoms with Crippen LogP contribution in [0.3, 0.4) is 0 Å². The van der Waals surface area contributed by atoms with Gasteiger partial charge in [0, 0.05) is 18.1 Å². The molecule has 4 nitrogen and oxygen atoms in total. The van der Waals surface area contributed by atoms with E-state index in [4.69, 9.17) is 21.1 Å². The largest absolute Gasteiger partial charge is 0.493 e. The van der Waals surface area contributed by atoms with Gasteiger partial charge in [-0.1, -0.05) is 36.2 Å². The minimum Gasteiger partial charge on any atom is -0.493 e. The first kappa shape index (κ1) is 19.6. The van der Waals surface area contributed by atoms with Crippen molar-refractivity contribution in [3.63, 3.8) is 0 Å². The van der Waals surface area contributed by atoms with Crippen LogP contribution in [0.25, 0.3) is 0 Å². The van der Waals surface area contributed by atoms with Gasteiger partial charge in [0.1, 0.15) is 0 Å². The van der Waals surface area contributed by atoms with E-state index in [-0.39, 0.29) is 5.91 Å². The van der Waals surface area contributed by atoms with Crippen LogP contribution < -0.4 is 9.47 Å². The van der Waals surface area contributed by atoms with Crippen LogP contribution in [0.5, 0.6) is 11.5 Å². The maximum absolute atomic E-state index is 13.5. The average molecular weight is 388 g/mol. The number of hydrogen-bond acceptors (Lipinski definition) is 3.